The Balaban J connectivity index is 0.00000133. The van der Waals surface area contributed by atoms with Gasteiger partial charge >= 0.3 is 0 Å². The number of halogens is 1. The summed E-state index contributed by atoms with van der Waals surface area (Å²) in [6, 6.07) is 12.5. The first-order chi connectivity index (χ1) is 8.85. The summed E-state index contributed by atoms with van der Waals surface area (Å²) >= 11 is 0. The molecular formula is C15H18ClNO2. The molecule has 0 aliphatic carbocycles. The molecule has 2 unspecified atom stereocenters. The lowest BCUT2D eigenvalue weighted by Crippen LogP contribution is -2.35. The van der Waals surface area contributed by atoms with Crippen LogP contribution < -0.4 is 10.1 Å². The van der Waals surface area contributed by atoms with Crippen molar-refractivity contribution in [3.8, 4) is 5.75 Å². The number of aliphatic hydroxyl groups is 1. The van der Waals surface area contributed by atoms with Gasteiger partial charge in [0.2, 0.25) is 0 Å². The van der Waals surface area contributed by atoms with Gasteiger partial charge in [-0.3, -0.25) is 0 Å². The molecule has 0 radical (unpaired) electrons. The Hall–Kier alpha value is -1.29. The van der Waals surface area contributed by atoms with E-state index in [0.29, 0.717) is 6.61 Å². The molecule has 0 spiro atoms. The lowest BCUT2D eigenvalue weighted by atomic mass is 9.88. The third kappa shape index (κ3) is 2.29. The Kier molecular flexibility index (Phi) is 4.30. The van der Waals surface area contributed by atoms with E-state index in [1.165, 1.54) is 16.3 Å². The second kappa shape index (κ2) is 5.78. The van der Waals surface area contributed by atoms with Crippen LogP contribution in [0.3, 0.4) is 0 Å². The van der Waals surface area contributed by atoms with E-state index in [2.05, 4.69) is 23.5 Å². The van der Waals surface area contributed by atoms with Gasteiger partial charge in [-0.1, -0.05) is 30.3 Å². The van der Waals surface area contributed by atoms with Crippen LogP contribution in [0.5, 0.6) is 5.75 Å². The molecular weight excluding hydrogens is 262 g/mol. The monoisotopic (exact) mass is 279 g/mol. The Bertz CT molecular complexity index is 573. The fourth-order valence-electron chi connectivity index (χ4n) is 2.79. The van der Waals surface area contributed by atoms with Crippen molar-refractivity contribution in [2.45, 2.75) is 6.04 Å². The molecule has 0 bridgehead atoms. The molecule has 1 heterocycles. The molecule has 3 nitrogen and oxygen atoms in total. The summed E-state index contributed by atoms with van der Waals surface area (Å²) in [6.07, 6.45) is 0. The van der Waals surface area contributed by atoms with Crippen molar-refractivity contribution >= 4 is 23.2 Å². The number of hydrogen-bond acceptors (Lipinski definition) is 3. The standard InChI is InChI=1S/C15H17NO2.ClH/c1-16-15-11(8-17)9-18-13-7-6-10-4-2-3-5-12(10)14(13)15;/h2-7,11,15-17H,8-9H2,1H3;1H. The normalized spacial score (nSPS) is 21.4. The van der Waals surface area contributed by atoms with Crippen LogP contribution in [-0.4, -0.2) is 25.4 Å². The predicted molar refractivity (Wildman–Crippen MR) is 79.1 cm³/mol. The van der Waals surface area contributed by atoms with Crippen molar-refractivity contribution in [2.24, 2.45) is 5.92 Å². The first-order valence-electron chi connectivity index (χ1n) is 6.27. The zero-order valence-electron chi connectivity index (χ0n) is 10.8. The molecule has 2 atom stereocenters. The fourth-order valence-corrected chi connectivity index (χ4v) is 2.79. The number of hydrogen-bond donors (Lipinski definition) is 2. The number of rotatable bonds is 2. The first-order valence-corrected chi connectivity index (χ1v) is 6.27. The van der Waals surface area contributed by atoms with Crippen molar-refractivity contribution in [1.82, 2.24) is 5.32 Å². The van der Waals surface area contributed by atoms with Crippen LogP contribution in [-0.2, 0) is 0 Å². The van der Waals surface area contributed by atoms with Gasteiger partial charge < -0.3 is 15.2 Å². The van der Waals surface area contributed by atoms with Gasteiger partial charge in [0.15, 0.2) is 0 Å². The highest BCUT2D eigenvalue weighted by molar-refractivity contribution is 5.88. The van der Waals surface area contributed by atoms with E-state index >= 15 is 0 Å². The summed E-state index contributed by atoms with van der Waals surface area (Å²) in [5, 5.41) is 15.2. The summed E-state index contributed by atoms with van der Waals surface area (Å²) < 4.78 is 5.77. The third-order valence-electron chi connectivity index (χ3n) is 3.71. The van der Waals surface area contributed by atoms with Crippen molar-refractivity contribution in [3.63, 3.8) is 0 Å². The summed E-state index contributed by atoms with van der Waals surface area (Å²) in [5.41, 5.74) is 1.17. The van der Waals surface area contributed by atoms with Gasteiger partial charge in [-0.2, -0.15) is 0 Å². The summed E-state index contributed by atoms with van der Waals surface area (Å²) in [4.78, 5) is 0. The highest BCUT2D eigenvalue weighted by atomic mass is 35.5. The number of benzene rings is 2. The van der Waals surface area contributed by atoms with Crippen molar-refractivity contribution in [1.29, 1.82) is 0 Å². The van der Waals surface area contributed by atoms with Crippen LogP contribution in [0.4, 0.5) is 0 Å². The molecule has 0 aromatic heterocycles. The maximum absolute atomic E-state index is 9.47. The molecule has 19 heavy (non-hydrogen) atoms. The number of nitrogens with one attached hydrogen (secondary N) is 1. The molecule has 1 aliphatic rings. The summed E-state index contributed by atoms with van der Waals surface area (Å²) in [6.45, 7) is 0.696. The van der Waals surface area contributed by atoms with Crippen molar-refractivity contribution in [3.05, 3.63) is 42.0 Å². The second-order valence-corrected chi connectivity index (χ2v) is 4.72. The Labute approximate surface area is 119 Å². The van der Waals surface area contributed by atoms with E-state index in [4.69, 9.17) is 4.74 Å². The molecule has 2 N–H and O–H groups in total. The molecule has 102 valence electrons. The van der Waals surface area contributed by atoms with E-state index in [1.807, 2.05) is 25.2 Å². The highest BCUT2D eigenvalue weighted by Crippen LogP contribution is 2.39. The minimum absolute atomic E-state index is 0. The zero-order chi connectivity index (χ0) is 12.5. The van der Waals surface area contributed by atoms with Crippen LogP contribution >= 0.6 is 12.4 Å². The van der Waals surface area contributed by atoms with E-state index in [1.54, 1.807) is 0 Å². The van der Waals surface area contributed by atoms with E-state index in [-0.39, 0.29) is 31.0 Å². The van der Waals surface area contributed by atoms with E-state index < -0.39 is 0 Å². The SMILES string of the molecule is CNC1c2c(ccc3ccccc23)OCC1CO.Cl. The smallest absolute Gasteiger partial charge is 0.124 e. The highest BCUT2D eigenvalue weighted by Gasteiger charge is 2.30. The van der Waals surface area contributed by atoms with Crippen molar-refractivity contribution < 1.29 is 9.84 Å². The van der Waals surface area contributed by atoms with Gasteiger partial charge in [-0.15, -0.1) is 12.4 Å². The van der Waals surface area contributed by atoms with Crippen LogP contribution in [0.1, 0.15) is 11.6 Å². The first kappa shape index (κ1) is 14.1. The number of fused-ring (bicyclic) bond motifs is 3. The summed E-state index contributed by atoms with van der Waals surface area (Å²) in [5.74, 6) is 1.03. The topological polar surface area (TPSA) is 41.5 Å². The maximum Gasteiger partial charge on any atom is 0.124 e. The quantitative estimate of drug-likeness (QED) is 0.888. The lowest BCUT2D eigenvalue weighted by Gasteiger charge is -2.33. The lowest BCUT2D eigenvalue weighted by molar-refractivity contribution is 0.115. The Morgan fingerprint density at radius 3 is 2.79 bits per heavy atom. The average Bonchev–Trinajstić information content (AvgIpc) is 2.45. The van der Waals surface area contributed by atoms with Gasteiger partial charge in [0.05, 0.1) is 13.2 Å². The Morgan fingerprint density at radius 2 is 2.05 bits per heavy atom. The molecule has 2 aromatic rings. The van der Waals surface area contributed by atoms with Gasteiger partial charge in [-0.05, 0) is 23.9 Å². The zero-order valence-corrected chi connectivity index (χ0v) is 11.6. The minimum Gasteiger partial charge on any atom is -0.493 e. The van der Waals surface area contributed by atoms with Crippen LogP contribution in [0.25, 0.3) is 10.8 Å². The minimum atomic E-state index is 0. The van der Waals surface area contributed by atoms with Crippen LogP contribution in [0.2, 0.25) is 0 Å². The van der Waals surface area contributed by atoms with E-state index in [9.17, 15) is 5.11 Å². The molecule has 4 heteroatoms. The van der Waals surface area contributed by atoms with Crippen LogP contribution in [0.15, 0.2) is 36.4 Å². The fraction of sp³-hybridized carbons (Fsp3) is 0.333. The van der Waals surface area contributed by atoms with Crippen molar-refractivity contribution in [2.75, 3.05) is 20.3 Å². The molecule has 3 rings (SSSR count). The largest absolute Gasteiger partial charge is 0.493 e. The van der Waals surface area contributed by atoms with E-state index in [0.717, 1.165) is 5.75 Å². The molecule has 0 saturated carbocycles. The van der Waals surface area contributed by atoms with Gasteiger partial charge in [-0.25, -0.2) is 0 Å². The molecule has 0 saturated heterocycles. The van der Waals surface area contributed by atoms with Gasteiger partial charge in [0, 0.05) is 17.5 Å². The predicted octanol–water partition coefficient (Wildman–Crippen LogP) is 2.52. The number of ether oxygens (including phenoxy) is 1. The number of aliphatic hydroxyl groups excluding tert-OH is 1. The molecule has 0 fully saturated rings. The third-order valence-corrected chi connectivity index (χ3v) is 3.71. The molecule has 1 aliphatic heterocycles. The molecule has 0 amide bonds. The van der Waals surface area contributed by atoms with Crippen LogP contribution in [0, 0.1) is 5.92 Å². The summed E-state index contributed by atoms with van der Waals surface area (Å²) in [7, 11) is 1.93. The van der Waals surface area contributed by atoms with Gasteiger partial charge in [0.1, 0.15) is 5.75 Å². The second-order valence-electron chi connectivity index (χ2n) is 4.72. The average molecular weight is 280 g/mol. The Morgan fingerprint density at radius 1 is 1.26 bits per heavy atom. The molecule has 2 aromatic carbocycles. The maximum atomic E-state index is 9.47. The van der Waals surface area contributed by atoms with Gasteiger partial charge in [0.25, 0.3) is 0 Å².